The number of aliphatic hydroxyl groups excluding tert-OH is 6. The van der Waals surface area contributed by atoms with Crippen molar-refractivity contribution in [3.8, 4) is 51.6 Å². The van der Waals surface area contributed by atoms with Gasteiger partial charge in [0.25, 0.3) is 0 Å². The van der Waals surface area contributed by atoms with E-state index in [2.05, 4.69) is 0 Å². The van der Waals surface area contributed by atoms with Gasteiger partial charge in [0.15, 0.2) is 41.2 Å². The molecule has 20 heteroatoms. The van der Waals surface area contributed by atoms with E-state index in [9.17, 15) is 70.9 Å². The summed E-state index contributed by atoms with van der Waals surface area (Å²) in [5.41, 5.74) is -1.28. The van der Waals surface area contributed by atoms with E-state index < -0.39 is 132 Å². The zero-order valence-corrected chi connectivity index (χ0v) is 28.6. The number of ether oxygens (including phenoxy) is 5. The Morgan fingerprint density at radius 3 is 2.05 bits per heavy atom. The van der Waals surface area contributed by atoms with E-state index in [4.69, 9.17) is 28.1 Å². The van der Waals surface area contributed by atoms with E-state index in [1.807, 2.05) is 0 Å². The van der Waals surface area contributed by atoms with Crippen molar-refractivity contribution in [1.82, 2.24) is 0 Å². The summed E-state index contributed by atoms with van der Waals surface area (Å²) in [6.45, 7) is -1.66. The van der Waals surface area contributed by atoms with Crippen LogP contribution in [0.3, 0.4) is 0 Å². The van der Waals surface area contributed by atoms with Gasteiger partial charge in [0.05, 0.1) is 6.61 Å². The third-order valence-electron chi connectivity index (χ3n) is 8.97. The molecule has 12 N–H and O–H groups in total. The van der Waals surface area contributed by atoms with Crippen LogP contribution in [0.15, 0.2) is 63.8 Å². The van der Waals surface area contributed by atoms with E-state index in [-0.39, 0.29) is 16.9 Å². The zero-order valence-electron chi connectivity index (χ0n) is 28.6. The lowest BCUT2D eigenvalue weighted by molar-refractivity contribution is -0.358. The number of aromatic hydroxyl groups is 6. The van der Waals surface area contributed by atoms with Gasteiger partial charge >= 0.3 is 5.97 Å². The fourth-order valence-corrected chi connectivity index (χ4v) is 5.98. The molecule has 2 aliphatic rings. The maximum absolute atomic E-state index is 13.9. The summed E-state index contributed by atoms with van der Waals surface area (Å²) in [7, 11) is 0. The minimum absolute atomic E-state index is 0.110. The first kappa shape index (κ1) is 40.0. The fraction of sp³-hybridized carbons (Fsp3) is 0.333. The Morgan fingerprint density at radius 1 is 0.714 bits per heavy atom. The Balaban J connectivity index is 1.29. The molecule has 6 rings (SSSR count). The predicted molar refractivity (Wildman–Crippen MR) is 184 cm³/mol. The monoisotopic (exact) mass is 788 g/mol. The second kappa shape index (κ2) is 16.2. The number of hydrogen-bond acceptors (Lipinski definition) is 20. The molecule has 20 nitrogen and oxygen atoms in total. The Hall–Kier alpha value is -5.68. The van der Waals surface area contributed by atoms with Crippen LogP contribution >= 0.6 is 0 Å². The van der Waals surface area contributed by atoms with Crippen LogP contribution in [-0.4, -0.2) is 142 Å². The van der Waals surface area contributed by atoms with Gasteiger partial charge in [0.1, 0.15) is 71.8 Å². The molecule has 56 heavy (non-hydrogen) atoms. The Bertz CT molecular complexity index is 2170. The molecule has 300 valence electrons. The average Bonchev–Trinajstić information content (AvgIpc) is 3.16. The van der Waals surface area contributed by atoms with Crippen LogP contribution in [0.2, 0.25) is 0 Å². The molecular formula is C36H36O20. The van der Waals surface area contributed by atoms with Crippen LogP contribution in [0, 0.1) is 0 Å². The SMILES string of the molecule is O=C(/C=C/c1ccc(O)c(O)c1)OC[C@H]1O[C@@H](O[C@H]2[C@H](Oc3c(-c4ccc(O)c(O)c4)oc4cc(O)cc(O)c4c3=O)O[C@H](CO)[C@@H](O)[C@@H]2O)[C@H](O)[C@@H](O)[C@@H]1O. The molecular weight excluding hydrogens is 752 g/mol. The highest BCUT2D eigenvalue weighted by Crippen LogP contribution is 2.40. The van der Waals surface area contributed by atoms with Crippen molar-refractivity contribution in [2.45, 2.75) is 61.4 Å². The molecule has 0 amide bonds. The summed E-state index contributed by atoms with van der Waals surface area (Å²) >= 11 is 0. The summed E-state index contributed by atoms with van der Waals surface area (Å²) in [6, 6.07) is 8.74. The van der Waals surface area contributed by atoms with Crippen molar-refractivity contribution in [3.05, 3.63) is 70.4 Å². The zero-order chi connectivity index (χ0) is 40.6. The molecule has 0 aliphatic carbocycles. The number of phenolic OH excluding ortho intramolecular Hbond substituents is 6. The van der Waals surface area contributed by atoms with Gasteiger partial charge in [-0.05, 0) is 42.0 Å². The Kier molecular flexibility index (Phi) is 11.6. The lowest BCUT2D eigenvalue weighted by Crippen LogP contribution is -2.65. The largest absolute Gasteiger partial charge is 0.508 e. The highest BCUT2D eigenvalue weighted by molar-refractivity contribution is 5.88. The summed E-state index contributed by atoms with van der Waals surface area (Å²) in [6.07, 6.45) is -17.0. The van der Waals surface area contributed by atoms with E-state index >= 15 is 0 Å². The number of carbonyl (C=O) groups is 1. The third-order valence-corrected chi connectivity index (χ3v) is 8.97. The molecule has 3 aromatic carbocycles. The summed E-state index contributed by atoms with van der Waals surface area (Å²) in [5.74, 6) is -5.58. The number of esters is 1. The van der Waals surface area contributed by atoms with Crippen molar-refractivity contribution >= 4 is 23.0 Å². The van der Waals surface area contributed by atoms with Gasteiger partial charge in [0.2, 0.25) is 17.5 Å². The van der Waals surface area contributed by atoms with Gasteiger partial charge < -0.3 is 89.4 Å². The molecule has 0 radical (unpaired) electrons. The van der Waals surface area contributed by atoms with E-state index in [0.717, 1.165) is 36.4 Å². The number of benzene rings is 3. The minimum Gasteiger partial charge on any atom is -0.508 e. The minimum atomic E-state index is -2.08. The third kappa shape index (κ3) is 8.00. The predicted octanol–water partition coefficient (Wildman–Crippen LogP) is -1.04. The van der Waals surface area contributed by atoms with Gasteiger partial charge in [-0.25, -0.2) is 4.79 Å². The van der Waals surface area contributed by atoms with Crippen LogP contribution in [0.1, 0.15) is 5.56 Å². The molecule has 4 aromatic rings. The smallest absolute Gasteiger partial charge is 0.330 e. The number of phenols is 6. The van der Waals surface area contributed by atoms with Gasteiger partial charge in [0, 0.05) is 23.8 Å². The number of aliphatic hydroxyl groups is 6. The van der Waals surface area contributed by atoms with E-state index in [1.54, 1.807) is 0 Å². The second-order valence-corrected chi connectivity index (χ2v) is 12.8. The summed E-state index contributed by atoms with van der Waals surface area (Å²) in [4.78, 5) is 26.4. The van der Waals surface area contributed by atoms with Crippen molar-refractivity contribution in [3.63, 3.8) is 0 Å². The van der Waals surface area contributed by atoms with Crippen molar-refractivity contribution in [1.29, 1.82) is 0 Å². The molecule has 1 aromatic heterocycles. The van der Waals surface area contributed by atoms with E-state index in [1.165, 1.54) is 24.3 Å². The molecule has 0 spiro atoms. The number of hydrogen-bond donors (Lipinski definition) is 12. The highest BCUT2D eigenvalue weighted by Gasteiger charge is 2.52. The van der Waals surface area contributed by atoms with Gasteiger partial charge in [-0.15, -0.1) is 0 Å². The fourth-order valence-electron chi connectivity index (χ4n) is 5.98. The molecule has 0 bridgehead atoms. The average molecular weight is 789 g/mol. The lowest BCUT2D eigenvalue weighted by atomic mass is 9.97. The van der Waals surface area contributed by atoms with Crippen LogP contribution in [0.25, 0.3) is 28.4 Å². The molecule has 2 saturated heterocycles. The van der Waals surface area contributed by atoms with Crippen molar-refractivity contribution < 1.29 is 94.2 Å². The Labute approximate surface area is 313 Å². The van der Waals surface area contributed by atoms with Crippen molar-refractivity contribution in [2.75, 3.05) is 13.2 Å². The molecule has 3 heterocycles. The van der Waals surface area contributed by atoms with Gasteiger partial charge in [-0.1, -0.05) is 6.07 Å². The number of rotatable bonds is 10. The topological polar surface area (TPSA) is 336 Å². The van der Waals surface area contributed by atoms with Crippen molar-refractivity contribution in [2.24, 2.45) is 0 Å². The quantitative estimate of drug-likeness (QED) is 0.0519. The molecule has 0 unspecified atom stereocenters. The van der Waals surface area contributed by atoms with Crippen LogP contribution in [0.5, 0.6) is 40.2 Å². The molecule has 2 fully saturated rings. The summed E-state index contributed by atoms with van der Waals surface area (Å²) < 4.78 is 33.8. The van der Waals surface area contributed by atoms with Crippen LogP contribution in [-0.2, 0) is 23.7 Å². The van der Waals surface area contributed by atoms with E-state index in [0.29, 0.717) is 5.56 Å². The standard InChI is InChI=1S/C36H36O20/c37-11-22-26(45)30(49)34(56-35-31(50)29(48)27(46)23(54-35)12-51-24(44)6-2-13-1-4-16(39)18(41)7-13)36(53-22)55-33-28(47)25-20(43)9-15(38)10-21(25)52-32(33)14-3-5-17(40)19(42)8-14/h1-10,22-23,26-27,29-31,34-43,45-46,48-50H,11-12H2/b6-2+/t22-,23-,26-,27-,29+,30+,31-,34-,35+,36+/m1/s1. The Morgan fingerprint density at radius 2 is 1.38 bits per heavy atom. The lowest BCUT2D eigenvalue weighted by Gasteiger charge is -2.45. The number of fused-ring (bicyclic) bond motifs is 1. The first-order valence-electron chi connectivity index (χ1n) is 16.6. The maximum Gasteiger partial charge on any atom is 0.330 e. The number of carbonyl (C=O) groups excluding carboxylic acids is 1. The van der Waals surface area contributed by atoms with Gasteiger partial charge in [-0.2, -0.15) is 0 Å². The first-order valence-corrected chi connectivity index (χ1v) is 16.6. The molecule has 0 saturated carbocycles. The molecule has 2 aliphatic heterocycles. The first-order chi connectivity index (χ1) is 26.6. The summed E-state index contributed by atoms with van der Waals surface area (Å²) in [5, 5.41) is 123. The normalized spacial score (nSPS) is 28.0. The van der Waals surface area contributed by atoms with Gasteiger partial charge in [-0.3, -0.25) is 4.79 Å². The highest BCUT2D eigenvalue weighted by atomic mass is 16.8. The van der Waals surface area contributed by atoms with Crippen LogP contribution < -0.4 is 10.2 Å². The maximum atomic E-state index is 13.9. The molecule has 10 atom stereocenters. The second-order valence-electron chi connectivity index (χ2n) is 12.8. The van der Waals surface area contributed by atoms with Crippen LogP contribution in [0.4, 0.5) is 0 Å².